The fourth-order valence-corrected chi connectivity index (χ4v) is 1.70. The summed E-state index contributed by atoms with van der Waals surface area (Å²) in [7, 11) is 1.68. The van der Waals surface area contributed by atoms with Gasteiger partial charge in [0.15, 0.2) is 5.69 Å². The Morgan fingerprint density at radius 1 is 1.21 bits per heavy atom. The fourth-order valence-electron chi connectivity index (χ4n) is 1.70. The van der Waals surface area contributed by atoms with Crippen LogP contribution in [0.3, 0.4) is 0 Å². The minimum atomic E-state index is -0.253. The summed E-state index contributed by atoms with van der Waals surface area (Å²) in [5.41, 5.74) is 2.39. The summed E-state index contributed by atoms with van der Waals surface area (Å²) in [5.74, 6) is -0.253. The van der Waals surface area contributed by atoms with Gasteiger partial charge >= 0.3 is 0 Å². The van der Waals surface area contributed by atoms with Crippen molar-refractivity contribution in [1.29, 1.82) is 0 Å². The summed E-state index contributed by atoms with van der Waals surface area (Å²) in [6, 6.07) is 7.84. The normalized spacial score (nSPS) is 11.4. The Balaban J connectivity index is 2.10. The predicted octanol–water partition coefficient (Wildman–Crippen LogP) is 2.36. The van der Waals surface area contributed by atoms with Gasteiger partial charge in [-0.05, 0) is 23.1 Å². The lowest BCUT2D eigenvalue weighted by Gasteiger charge is -2.19. The van der Waals surface area contributed by atoms with Crippen LogP contribution in [0.25, 0.3) is 0 Å². The van der Waals surface area contributed by atoms with Crippen LogP contribution in [0.15, 0.2) is 30.5 Å². The molecule has 0 atom stereocenters. The van der Waals surface area contributed by atoms with Gasteiger partial charge in [0, 0.05) is 12.7 Å². The van der Waals surface area contributed by atoms with Crippen LogP contribution >= 0.6 is 0 Å². The van der Waals surface area contributed by atoms with Gasteiger partial charge in [-0.3, -0.25) is 4.79 Å². The highest BCUT2D eigenvalue weighted by Crippen LogP contribution is 2.23. The lowest BCUT2D eigenvalue weighted by Crippen LogP contribution is -2.14. The monoisotopic (exact) mass is 258 g/mol. The molecule has 1 heterocycles. The second kappa shape index (κ2) is 4.84. The number of benzene rings is 1. The van der Waals surface area contributed by atoms with E-state index in [2.05, 4.69) is 36.3 Å². The molecule has 5 nitrogen and oxygen atoms in total. The first-order valence-electron chi connectivity index (χ1n) is 6.14. The van der Waals surface area contributed by atoms with Gasteiger partial charge in [0.2, 0.25) is 0 Å². The second-order valence-corrected chi connectivity index (χ2v) is 5.50. The highest BCUT2D eigenvalue weighted by molar-refractivity contribution is 6.02. The van der Waals surface area contributed by atoms with Crippen LogP contribution in [0, 0.1) is 0 Å². The highest BCUT2D eigenvalue weighted by atomic mass is 16.2. The Bertz CT molecular complexity index is 578. The molecule has 0 aliphatic heterocycles. The summed E-state index contributed by atoms with van der Waals surface area (Å²) in [6.45, 7) is 6.46. The molecule has 1 aromatic carbocycles. The Kier molecular flexibility index (Phi) is 3.38. The molecule has 0 unspecified atom stereocenters. The lowest BCUT2D eigenvalue weighted by molar-refractivity contribution is 0.102. The molecular weight excluding hydrogens is 240 g/mol. The molecule has 1 amide bonds. The Morgan fingerprint density at radius 3 is 2.32 bits per heavy atom. The standard InChI is InChI=1S/C14H18N4O/c1-14(2,3)10-5-7-11(8-6-10)16-13(19)12-9-15-18(4)17-12/h5-9H,1-4H3,(H,16,19). The molecule has 0 aliphatic carbocycles. The van der Waals surface area contributed by atoms with Gasteiger partial charge in [0.05, 0.1) is 6.20 Å². The van der Waals surface area contributed by atoms with E-state index >= 15 is 0 Å². The number of aryl methyl sites for hydroxylation is 1. The van der Waals surface area contributed by atoms with E-state index in [-0.39, 0.29) is 11.3 Å². The molecule has 2 rings (SSSR count). The van der Waals surface area contributed by atoms with Crippen LogP contribution in [0.5, 0.6) is 0 Å². The van der Waals surface area contributed by atoms with Crippen molar-refractivity contribution in [3.05, 3.63) is 41.7 Å². The molecule has 0 aliphatic rings. The first-order valence-corrected chi connectivity index (χ1v) is 6.14. The number of hydrogen-bond donors (Lipinski definition) is 1. The van der Waals surface area contributed by atoms with E-state index in [1.165, 1.54) is 16.6 Å². The highest BCUT2D eigenvalue weighted by Gasteiger charge is 2.14. The largest absolute Gasteiger partial charge is 0.321 e. The van der Waals surface area contributed by atoms with Crippen molar-refractivity contribution >= 4 is 11.6 Å². The quantitative estimate of drug-likeness (QED) is 0.899. The number of carbonyl (C=O) groups excluding carboxylic acids is 1. The summed E-state index contributed by atoms with van der Waals surface area (Å²) in [6.07, 6.45) is 1.44. The van der Waals surface area contributed by atoms with Crippen molar-refractivity contribution in [2.24, 2.45) is 7.05 Å². The number of carbonyl (C=O) groups is 1. The molecule has 0 saturated carbocycles. The number of rotatable bonds is 2. The van der Waals surface area contributed by atoms with Gasteiger partial charge in [-0.1, -0.05) is 32.9 Å². The number of nitrogens with zero attached hydrogens (tertiary/aromatic N) is 3. The van der Waals surface area contributed by atoms with Crippen molar-refractivity contribution < 1.29 is 4.79 Å². The molecule has 0 bridgehead atoms. The molecular formula is C14H18N4O. The van der Waals surface area contributed by atoms with E-state index in [9.17, 15) is 4.79 Å². The molecule has 2 aromatic rings. The van der Waals surface area contributed by atoms with Gasteiger partial charge in [-0.15, -0.1) is 5.10 Å². The first-order chi connectivity index (χ1) is 8.86. The van der Waals surface area contributed by atoms with Crippen LogP contribution < -0.4 is 5.32 Å². The first kappa shape index (κ1) is 13.3. The van der Waals surface area contributed by atoms with E-state index in [1.54, 1.807) is 7.05 Å². The van der Waals surface area contributed by atoms with Gasteiger partial charge in [0.25, 0.3) is 5.91 Å². The average molecular weight is 258 g/mol. The van der Waals surface area contributed by atoms with Crippen molar-refractivity contribution in [2.45, 2.75) is 26.2 Å². The number of hydrogen-bond acceptors (Lipinski definition) is 3. The van der Waals surface area contributed by atoms with Crippen LogP contribution in [0.2, 0.25) is 0 Å². The topological polar surface area (TPSA) is 59.8 Å². The zero-order valence-electron chi connectivity index (χ0n) is 11.6. The minimum Gasteiger partial charge on any atom is -0.321 e. The number of amides is 1. The van der Waals surface area contributed by atoms with Crippen molar-refractivity contribution in [3.63, 3.8) is 0 Å². The van der Waals surface area contributed by atoms with Gasteiger partial charge in [0.1, 0.15) is 0 Å². The lowest BCUT2D eigenvalue weighted by atomic mass is 9.87. The second-order valence-electron chi connectivity index (χ2n) is 5.50. The van der Waals surface area contributed by atoms with Crippen molar-refractivity contribution in [3.8, 4) is 0 Å². The zero-order chi connectivity index (χ0) is 14.0. The minimum absolute atomic E-state index is 0.105. The third kappa shape index (κ3) is 3.19. The maximum atomic E-state index is 11.9. The molecule has 5 heteroatoms. The third-order valence-electron chi connectivity index (χ3n) is 2.84. The smallest absolute Gasteiger partial charge is 0.277 e. The third-order valence-corrected chi connectivity index (χ3v) is 2.84. The van der Waals surface area contributed by atoms with Gasteiger partial charge in [-0.2, -0.15) is 9.90 Å². The summed E-state index contributed by atoms with van der Waals surface area (Å²) in [4.78, 5) is 13.2. The predicted molar refractivity (Wildman–Crippen MR) is 74.1 cm³/mol. The van der Waals surface area contributed by atoms with Gasteiger partial charge in [-0.25, -0.2) is 0 Å². The van der Waals surface area contributed by atoms with E-state index in [1.807, 2.05) is 24.3 Å². The maximum Gasteiger partial charge on any atom is 0.277 e. The van der Waals surface area contributed by atoms with Crippen molar-refractivity contribution in [1.82, 2.24) is 15.0 Å². The van der Waals surface area contributed by atoms with Crippen LogP contribution in [0.1, 0.15) is 36.8 Å². The molecule has 0 spiro atoms. The van der Waals surface area contributed by atoms with E-state index in [4.69, 9.17) is 0 Å². The van der Waals surface area contributed by atoms with E-state index in [0.717, 1.165) is 5.69 Å². The van der Waals surface area contributed by atoms with Crippen LogP contribution in [0.4, 0.5) is 5.69 Å². The SMILES string of the molecule is Cn1ncc(C(=O)Nc2ccc(C(C)(C)C)cc2)n1. The average Bonchev–Trinajstić information content (AvgIpc) is 2.75. The van der Waals surface area contributed by atoms with Gasteiger partial charge < -0.3 is 5.32 Å². The number of nitrogens with one attached hydrogen (secondary N) is 1. The molecule has 0 radical (unpaired) electrons. The molecule has 1 aromatic heterocycles. The maximum absolute atomic E-state index is 11.9. The van der Waals surface area contributed by atoms with Crippen molar-refractivity contribution in [2.75, 3.05) is 5.32 Å². The molecule has 0 fully saturated rings. The number of aromatic nitrogens is 3. The van der Waals surface area contributed by atoms with E-state index < -0.39 is 0 Å². The molecule has 100 valence electrons. The summed E-state index contributed by atoms with van der Waals surface area (Å²) in [5, 5.41) is 10.6. The summed E-state index contributed by atoms with van der Waals surface area (Å²) < 4.78 is 0. The Labute approximate surface area is 112 Å². The summed E-state index contributed by atoms with van der Waals surface area (Å²) >= 11 is 0. The molecule has 1 N–H and O–H groups in total. The van der Waals surface area contributed by atoms with Crippen LogP contribution in [-0.2, 0) is 12.5 Å². The zero-order valence-corrected chi connectivity index (χ0v) is 11.6. The van der Waals surface area contributed by atoms with Crippen LogP contribution in [-0.4, -0.2) is 20.9 Å². The Hall–Kier alpha value is -2.17. The Morgan fingerprint density at radius 2 is 1.84 bits per heavy atom. The number of anilines is 1. The molecule has 0 saturated heterocycles. The molecule has 19 heavy (non-hydrogen) atoms. The fraction of sp³-hybridized carbons (Fsp3) is 0.357. The van der Waals surface area contributed by atoms with E-state index in [0.29, 0.717) is 5.69 Å².